The molecule has 1 aliphatic heterocycles. The number of benzene rings is 1. The molecule has 0 spiro atoms. The fraction of sp³-hybridized carbons (Fsp3) is 0.412. The quantitative estimate of drug-likeness (QED) is 0.563. The van der Waals surface area contributed by atoms with E-state index >= 15 is 0 Å². The van der Waals surface area contributed by atoms with Gasteiger partial charge in [0.05, 0.1) is 13.2 Å². The molecule has 128 valence electrons. The van der Waals surface area contributed by atoms with Gasteiger partial charge in [-0.1, -0.05) is 0 Å². The number of rotatable bonds is 5. The number of morpholine rings is 1. The lowest BCUT2D eigenvalue weighted by Gasteiger charge is -2.26. The van der Waals surface area contributed by atoms with Crippen molar-refractivity contribution in [2.45, 2.75) is 6.42 Å². The third kappa shape index (κ3) is 4.33. The predicted molar refractivity (Wildman–Crippen MR) is 91.8 cm³/mol. The zero-order valence-electron chi connectivity index (χ0n) is 13.5. The van der Waals surface area contributed by atoms with Crippen molar-refractivity contribution in [3.8, 4) is 0 Å². The Hall–Kier alpha value is -2.38. The van der Waals surface area contributed by atoms with E-state index in [0.29, 0.717) is 12.2 Å². The Labute approximate surface area is 140 Å². The summed E-state index contributed by atoms with van der Waals surface area (Å²) >= 11 is 0. The SMILES string of the molecule is O=C(NCCCN1CCOCC1)C(=O)Nc1ccc2[nH]ccc2c1. The molecule has 0 unspecified atom stereocenters. The molecule has 2 amide bonds. The van der Waals surface area contributed by atoms with E-state index in [2.05, 4.69) is 20.5 Å². The fourth-order valence-corrected chi connectivity index (χ4v) is 2.73. The minimum atomic E-state index is -0.642. The lowest BCUT2D eigenvalue weighted by Crippen LogP contribution is -2.39. The highest BCUT2D eigenvalue weighted by atomic mass is 16.5. The summed E-state index contributed by atoms with van der Waals surface area (Å²) in [6.45, 7) is 4.77. The van der Waals surface area contributed by atoms with Gasteiger partial charge in [-0.3, -0.25) is 14.5 Å². The highest BCUT2D eigenvalue weighted by molar-refractivity contribution is 6.39. The van der Waals surface area contributed by atoms with E-state index in [9.17, 15) is 9.59 Å². The average Bonchev–Trinajstić information content (AvgIpc) is 3.07. The minimum absolute atomic E-state index is 0.487. The van der Waals surface area contributed by atoms with Gasteiger partial charge in [0.25, 0.3) is 0 Å². The average molecular weight is 330 g/mol. The Balaban J connectivity index is 1.40. The molecule has 0 saturated carbocycles. The van der Waals surface area contributed by atoms with E-state index in [-0.39, 0.29) is 0 Å². The fourth-order valence-electron chi connectivity index (χ4n) is 2.73. The van der Waals surface area contributed by atoms with Crippen LogP contribution in [0.15, 0.2) is 30.5 Å². The van der Waals surface area contributed by atoms with E-state index in [1.807, 2.05) is 24.4 Å². The summed E-state index contributed by atoms with van der Waals surface area (Å²) < 4.78 is 5.29. The molecule has 1 aliphatic rings. The van der Waals surface area contributed by atoms with Gasteiger partial charge in [-0.05, 0) is 37.2 Å². The number of fused-ring (bicyclic) bond motifs is 1. The van der Waals surface area contributed by atoms with E-state index in [1.165, 1.54) is 0 Å². The van der Waals surface area contributed by atoms with E-state index in [1.54, 1.807) is 6.07 Å². The second-order valence-electron chi connectivity index (χ2n) is 5.80. The van der Waals surface area contributed by atoms with Crippen LogP contribution in [0, 0.1) is 0 Å². The molecule has 24 heavy (non-hydrogen) atoms. The number of anilines is 1. The Morgan fingerprint density at radius 1 is 1.17 bits per heavy atom. The number of H-pyrrole nitrogens is 1. The number of nitrogens with one attached hydrogen (secondary N) is 3. The Bertz CT molecular complexity index is 707. The number of amides is 2. The number of carbonyl (C=O) groups excluding carboxylic acids is 2. The minimum Gasteiger partial charge on any atom is -0.379 e. The molecule has 2 aromatic rings. The number of carbonyl (C=O) groups is 2. The number of hydrogen-bond acceptors (Lipinski definition) is 4. The molecule has 1 saturated heterocycles. The highest BCUT2D eigenvalue weighted by Crippen LogP contribution is 2.17. The zero-order valence-corrected chi connectivity index (χ0v) is 13.5. The van der Waals surface area contributed by atoms with Gasteiger partial charge in [-0.2, -0.15) is 0 Å². The zero-order chi connectivity index (χ0) is 16.8. The van der Waals surface area contributed by atoms with E-state index in [4.69, 9.17) is 4.74 Å². The molecule has 1 fully saturated rings. The van der Waals surface area contributed by atoms with Crippen LogP contribution in [-0.2, 0) is 14.3 Å². The summed E-state index contributed by atoms with van der Waals surface area (Å²) in [4.78, 5) is 29.1. The number of hydrogen-bond donors (Lipinski definition) is 3. The van der Waals surface area contributed by atoms with Crippen molar-refractivity contribution in [2.24, 2.45) is 0 Å². The molecule has 1 aromatic heterocycles. The largest absolute Gasteiger partial charge is 0.379 e. The van der Waals surface area contributed by atoms with Crippen LogP contribution in [0.2, 0.25) is 0 Å². The van der Waals surface area contributed by atoms with Crippen LogP contribution in [0.3, 0.4) is 0 Å². The van der Waals surface area contributed by atoms with Crippen LogP contribution in [0.5, 0.6) is 0 Å². The van der Waals surface area contributed by atoms with Crippen LogP contribution in [0.25, 0.3) is 10.9 Å². The first-order valence-electron chi connectivity index (χ1n) is 8.19. The lowest BCUT2D eigenvalue weighted by molar-refractivity contribution is -0.136. The van der Waals surface area contributed by atoms with Gasteiger partial charge in [0, 0.05) is 42.4 Å². The summed E-state index contributed by atoms with van der Waals surface area (Å²) in [5, 5.41) is 6.27. The molecule has 1 aromatic carbocycles. The lowest BCUT2D eigenvalue weighted by atomic mass is 10.2. The van der Waals surface area contributed by atoms with Crippen LogP contribution >= 0.6 is 0 Å². The van der Waals surface area contributed by atoms with Crippen molar-refractivity contribution in [3.63, 3.8) is 0 Å². The van der Waals surface area contributed by atoms with Gasteiger partial charge in [-0.25, -0.2) is 0 Å². The first kappa shape index (κ1) is 16.5. The molecule has 2 heterocycles. The highest BCUT2D eigenvalue weighted by Gasteiger charge is 2.14. The second-order valence-corrected chi connectivity index (χ2v) is 5.80. The summed E-state index contributed by atoms with van der Waals surface area (Å²) in [6, 6.07) is 7.37. The van der Waals surface area contributed by atoms with Crippen molar-refractivity contribution < 1.29 is 14.3 Å². The normalized spacial score (nSPS) is 15.3. The van der Waals surface area contributed by atoms with Crippen LogP contribution in [-0.4, -0.2) is 61.1 Å². The maximum Gasteiger partial charge on any atom is 0.313 e. The number of ether oxygens (including phenoxy) is 1. The maximum absolute atomic E-state index is 11.9. The molecule has 7 nitrogen and oxygen atoms in total. The smallest absolute Gasteiger partial charge is 0.313 e. The van der Waals surface area contributed by atoms with Gasteiger partial charge >= 0.3 is 11.8 Å². The summed E-state index contributed by atoms with van der Waals surface area (Å²) in [5.41, 5.74) is 1.59. The van der Waals surface area contributed by atoms with Crippen molar-refractivity contribution in [1.82, 2.24) is 15.2 Å². The van der Waals surface area contributed by atoms with Crippen LogP contribution < -0.4 is 10.6 Å². The van der Waals surface area contributed by atoms with Gasteiger partial charge < -0.3 is 20.4 Å². The number of aromatic amines is 1. The Morgan fingerprint density at radius 2 is 2.00 bits per heavy atom. The topological polar surface area (TPSA) is 86.5 Å². The molecular weight excluding hydrogens is 308 g/mol. The third-order valence-electron chi connectivity index (χ3n) is 4.06. The van der Waals surface area contributed by atoms with E-state index in [0.717, 1.165) is 50.2 Å². The molecule has 0 radical (unpaired) electrons. The van der Waals surface area contributed by atoms with Crippen molar-refractivity contribution in [2.75, 3.05) is 44.7 Å². The molecule has 7 heteroatoms. The van der Waals surface area contributed by atoms with Crippen LogP contribution in [0.1, 0.15) is 6.42 Å². The first-order chi connectivity index (χ1) is 11.7. The third-order valence-corrected chi connectivity index (χ3v) is 4.06. The summed E-state index contributed by atoms with van der Waals surface area (Å²) in [6.07, 6.45) is 2.64. The van der Waals surface area contributed by atoms with Gasteiger partial charge in [0.15, 0.2) is 0 Å². The van der Waals surface area contributed by atoms with Crippen LogP contribution in [0.4, 0.5) is 5.69 Å². The summed E-state index contributed by atoms with van der Waals surface area (Å²) in [5.74, 6) is -1.25. The summed E-state index contributed by atoms with van der Waals surface area (Å²) in [7, 11) is 0. The Kier molecular flexibility index (Phi) is 5.45. The molecule has 3 rings (SSSR count). The Morgan fingerprint density at radius 3 is 2.83 bits per heavy atom. The first-order valence-corrected chi connectivity index (χ1v) is 8.19. The molecule has 0 bridgehead atoms. The van der Waals surface area contributed by atoms with Gasteiger partial charge in [0.2, 0.25) is 0 Å². The number of aromatic nitrogens is 1. The van der Waals surface area contributed by atoms with Crippen molar-refractivity contribution in [3.05, 3.63) is 30.5 Å². The van der Waals surface area contributed by atoms with Gasteiger partial charge in [-0.15, -0.1) is 0 Å². The monoisotopic (exact) mass is 330 g/mol. The van der Waals surface area contributed by atoms with Gasteiger partial charge in [0.1, 0.15) is 0 Å². The molecule has 3 N–H and O–H groups in total. The van der Waals surface area contributed by atoms with Crippen molar-refractivity contribution in [1.29, 1.82) is 0 Å². The molecule has 0 aliphatic carbocycles. The van der Waals surface area contributed by atoms with Crippen molar-refractivity contribution >= 4 is 28.4 Å². The molecular formula is C17H22N4O3. The maximum atomic E-state index is 11.9. The predicted octanol–water partition coefficient (Wildman–Crippen LogP) is 0.945. The van der Waals surface area contributed by atoms with E-state index < -0.39 is 11.8 Å². The second kappa shape index (κ2) is 7.94. The standard InChI is InChI=1S/C17H22N4O3/c22-16(19-5-1-7-21-8-10-24-11-9-21)17(23)20-14-2-3-15-13(12-14)4-6-18-15/h2-4,6,12,18H,1,5,7-11H2,(H,19,22)(H,20,23). The number of nitrogens with zero attached hydrogens (tertiary/aromatic N) is 1. The molecule has 0 atom stereocenters.